The van der Waals surface area contributed by atoms with Gasteiger partial charge in [0.25, 0.3) is 0 Å². The molecule has 4 heteroatoms. The summed E-state index contributed by atoms with van der Waals surface area (Å²) >= 11 is 3.23. The van der Waals surface area contributed by atoms with E-state index in [2.05, 4.69) is 15.9 Å². The summed E-state index contributed by atoms with van der Waals surface area (Å²) in [5.41, 5.74) is 0.611. The fourth-order valence-corrected chi connectivity index (χ4v) is 2.22. The summed E-state index contributed by atoms with van der Waals surface area (Å²) < 4.78 is 25.1. The maximum absolute atomic E-state index is 13.5. The molecule has 0 amide bonds. The van der Waals surface area contributed by atoms with Crippen LogP contribution in [0.4, 0.5) is 4.39 Å². The lowest BCUT2D eigenvalue weighted by molar-refractivity contribution is 0.0151. The molecule has 1 aliphatic rings. The predicted octanol–water partition coefficient (Wildman–Crippen LogP) is 3.53. The molecule has 2 nitrogen and oxygen atoms in total. The lowest BCUT2D eigenvalue weighted by Crippen LogP contribution is -2.20. The second-order valence-corrected chi connectivity index (χ2v) is 5.22. The van der Waals surface area contributed by atoms with Gasteiger partial charge in [-0.25, -0.2) is 4.39 Å². The molecular weight excluding hydrogens is 287 g/mol. The summed E-state index contributed by atoms with van der Waals surface area (Å²) in [7, 11) is 0. The minimum absolute atomic E-state index is 0.216. The molecule has 1 aromatic carbocycles. The quantitative estimate of drug-likeness (QED) is 0.847. The minimum atomic E-state index is -0.216. The van der Waals surface area contributed by atoms with Crippen molar-refractivity contribution in [1.82, 2.24) is 0 Å². The van der Waals surface area contributed by atoms with Gasteiger partial charge in [0.2, 0.25) is 0 Å². The SMILES string of the molecule is Fc1cc(Br)ccc1COCC1CCOCC1. The van der Waals surface area contributed by atoms with Crippen LogP contribution in [0.1, 0.15) is 18.4 Å². The zero-order chi connectivity index (χ0) is 12.1. The molecule has 0 aliphatic carbocycles. The van der Waals surface area contributed by atoms with Crippen molar-refractivity contribution < 1.29 is 13.9 Å². The summed E-state index contributed by atoms with van der Waals surface area (Å²) in [6.45, 7) is 2.68. The van der Waals surface area contributed by atoms with Gasteiger partial charge in [0, 0.05) is 23.2 Å². The Kier molecular flexibility index (Phi) is 4.95. The first-order chi connectivity index (χ1) is 8.25. The molecule has 1 heterocycles. The zero-order valence-corrected chi connectivity index (χ0v) is 11.2. The number of hydrogen-bond donors (Lipinski definition) is 0. The molecule has 0 unspecified atom stereocenters. The highest BCUT2D eigenvalue weighted by atomic mass is 79.9. The largest absolute Gasteiger partial charge is 0.381 e. The second-order valence-electron chi connectivity index (χ2n) is 4.31. The summed E-state index contributed by atoms with van der Waals surface area (Å²) in [5, 5.41) is 0. The van der Waals surface area contributed by atoms with Crippen molar-refractivity contribution >= 4 is 15.9 Å². The monoisotopic (exact) mass is 302 g/mol. The molecule has 2 rings (SSSR count). The summed E-state index contributed by atoms with van der Waals surface area (Å²) in [5.74, 6) is 0.341. The van der Waals surface area contributed by atoms with Gasteiger partial charge in [0.05, 0.1) is 13.2 Å². The molecule has 1 saturated heterocycles. The van der Waals surface area contributed by atoms with E-state index in [1.807, 2.05) is 6.07 Å². The van der Waals surface area contributed by atoms with Crippen LogP contribution >= 0.6 is 15.9 Å². The predicted molar refractivity (Wildman–Crippen MR) is 67.3 cm³/mol. The van der Waals surface area contributed by atoms with E-state index in [1.165, 1.54) is 6.07 Å². The van der Waals surface area contributed by atoms with Gasteiger partial charge >= 0.3 is 0 Å². The fourth-order valence-electron chi connectivity index (χ4n) is 1.89. The van der Waals surface area contributed by atoms with Gasteiger partial charge < -0.3 is 9.47 Å². The van der Waals surface area contributed by atoms with E-state index < -0.39 is 0 Å². The Morgan fingerprint density at radius 2 is 2.12 bits per heavy atom. The minimum Gasteiger partial charge on any atom is -0.381 e. The molecule has 0 atom stereocenters. The van der Waals surface area contributed by atoms with Gasteiger partial charge in [-0.2, -0.15) is 0 Å². The molecular formula is C13H16BrFO2. The second kappa shape index (κ2) is 6.47. The smallest absolute Gasteiger partial charge is 0.129 e. The van der Waals surface area contributed by atoms with Crippen molar-refractivity contribution in [2.45, 2.75) is 19.4 Å². The molecule has 1 aliphatic heterocycles. The highest BCUT2D eigenvalue weighted by Gasteiger charge is 2.14. The molecule has 0 bridgehead atoms. The third-order valence-corrected chi connectivity index (χ3v) is 3.46. The first kappa shape index (κ1) is 13.0. The van der Waals surface area contributed by atoms with E-state index >= 15 is 0 Å². The number of rotatable bonds is 4. The molecule has 1 fully saturated rings. The number of halogens is 2. The average molecular weight is 303 g/mol. The number of benzene rings is 1. The Morgan fingerprint density at radius 1 is 1.35 bits per heavy atom. The Hall–Kier alpha value is -0.450. The van der Waals surface area contributed by atoms with Crippen LogP contribution in [0, 0.1) is 11.7 Å². The molecule has 1 aromatic rings. The fraction of sp³-hybridized carbons (Fsp3) is 0.538. The molecule has 0 radical (unpaired) electrons. The van der Waals surface area contributed by atoms with E-state index in [9.17, 15) is 4.39 Å². The first-order valence-corrected chi connectivity index (χ1v) is 6.64. The van der Waals surface area contributed by atoms with E-state index in [-0.39, 0.29) is 5.82 Å². The lowest BCUT2D eigenvalue weighted by Gasteiger charge is -2.21. The normalized spacial score (nSPS) is 17.3. The molecule has 0 N–H and O–H groups in total. The van der Waals surface area contributed by atoms with Crippen molar-refractivity contribution in [2.24, 2.45) is 5.92 Å². The molecule has 94 valence electrons. The summed E-state index contributed by atoms with van der Waals surface area (Å²) in [6, 6.07) is 5.05. The van der Waals surface area contributed by atoms with E-state index in [0.29, 0.717) is 24.7 Å². The zero-order valence-electron chi connectivity index (χ0n) is 9.62. The van der Waals surface area contributed by atoms with Crippen molar-refractivity contribution in [1.29, 1.82) is 0 Å². The third kappa shape index (κ3) is 4.05. The van der Waals surface area contributed by atoms with Crippen molar-refractivity contribution in [3.05, 3.63) is 34.1 Å². The Morgan fingerprint density at radius 3 is 2.82 bits per heavy atom. The van der Waals surface area contributed by atoms with Crippen molar-refractivity contribution in [3.8, 4) is 0 Å². The van der Waals surface area contributed by atoms with E-state index in [1.54, 1.807) is 6.07 Å². The molecule has 0 spiro atoms. The topological polar surface area (TPSA) is 18.5 Å². The average Bonchev–Trinajstić information content (AvgIpc) is 2.33. The van der Waals surface area contributed by atoms with Crippen LogP contribution in [0.15, 0.2) is 22.7 Å². The number of hydrogen-bond acceptors (Lipinski definition) is 2. The maximum atomic E-state index is 13.5. The van der Waals surface area contributed by atoms with Crippen molar-refractivity contribution in [3.63, 3.8) is 0 Å². The van der Waals surface area contributed by atoms with Crippen LogP contribution in [0.25, 0.3) is 0 Å². The number of ether oxygens (including phenoxy) is 2. The molecule has 0 aromatic heterocycles. The van der Waals surface area contributed by atoms with Gasteiger partial charge in [-0.1, -0.05) is 22.0 Å². The van der Waals surface area contributed by atoms with Crippen LogP contribution in [0.5, 0.6) is 0 Å². The Bertz CT molecular complexity index is 364. The summed E-state index contributed by atoms with van der Waals surface area (Å²) in [6.07, 6.45) is 2.09. The lowest BCUT2D eigenvalue weighted by atomic mass is 10.0. The van der Waals surface area contributed by atoms with Crippen LogP contribution in [0.3, 0.4) is 0 Å². The summed E-state index contributed by atoms with van der Waals surface area (Å²) in [4.78, 5) is 0. The van der Waals surface area contributed by atoms with Crippen LogP contribution < -0.4 is 0 Å². The van der Waals surface area contributed by atoms with E-state index in [0.717, 1.165) is 30.5 Å². The van der Waals surface area contributed by atoms with E-state index in [4.69, 9.17) is 9.47 Å². The molecule has 17 heavy (non-hydrogen) atoms. The third-order valence-electron chi connectivity index (χ3n) is 2.97. The highest BCUT2D eigenvalue weighted by Crippen LogP contribution is 2.18. The van der Waals surface area contributed by atoms with Gasteiger partial charge in [0.1, 0.15) is 5.82 Å². The van der Waals surface area contributed by atoms with Gasteiger partial charge in [-0.05, 0) is 30.9 Å². The van der Waals surface area contributed by atoms with Gasteiger partial charge in [0.15, 0.2) is 0 Å². The van der Waals surface area contributed by atoms with Crippen molar-refractivity contribution in [2.75, 3.05) is 19.8 Å². The van der Waals surface area contributed by atoms with Crippen LogP contribution in [0.2, 0.25) is 0 Å². The van der Waals surface area contributed by atoms with Gasteiger partial charge in [-0.3, -0.25) is 0 Å². The standard InChI is InChI=1S/C13H16BrFO2/c14-12-2-1-11(13(15)7-12)9-17-8-10-3-5-16-6-4-10/h1-2,7,10H,3-6,8-9H2. The Balaban J connectivity index is 1.77. The van der Waals surface area contributed by atoms with Crippen LogP contribution in [-0.4, -0.2) is 19.8 Å². The molecule has 0 saturated carbocycles. The maximum Gasteiger partial charge on any atom is 0.129 e. The Labute approximate surface area is 109 Å². The first-order valence-electron chi connectivity index (χ1n) is 5.85. The highest BCUT2D eigenvalue weighted by molar-refractivity contribution is 9.10. The van der Waals surface area contributed by atoms with Gasteiger partial charge in [-0.15, -0.1) is 0 Å². The van der Waals surface area contributed by atoms with Crippen LogP contribution in [-0.2, 0) is 16.1 Å².